The molecule has 1 atom stereocenters. The van der Waals surface area contributed by atoms with Crippen LogP contribution in [0.1, 0.15) is 59.8 Å². The second-order valence-corrected chi connectivity index (χ2v) is 6.06. The lowest BCUT2D eigenvalue weighted by Crippen LogP contribution is -2.37. The van der Waals surface area contributed by atoms with Crippen LogP contribution in [0.25, 0.3) is 0 Å². The zero-order valence-corrected chi connectivity index (χ0v) is 11.5. The van der Waals surface area contributed by atoms with Gasteiger partial charge in [-0.05, 0) is 39.7 Å². The van der Waals surface area contributed by atoms with Gasteiger partial charge in [-0.25, -0.2) is 0 Å². The van der Waals surface area contributed by atoms with Crippen LogP contribution in [0.5, 0.6) is 0 Å². The van der Waals surface area contributed by atoms with E-state index in [0.29, 0.717) is 6.04 Å². The molecule has 1 aliphatic carbocycles. The molecule has 1 rings (SSSR count). The van der Waals surface area contributed by atoms with Crippen LogP contribution in [0.2, 0.25) is 0 Å². The highest BCUT2D eigenvalue weighted by Crippen LogP contribution is 2.28. The Morgan fingerprint density at radius 2 is 1.88 bits per heavy atom. The smallest absolute Gasteiger partial charge is 0.0626 e. The van der Waals surface area contributed by atoms with Crippen LogP contribution in [-0.4, -0.2) is 24.8 Å². The van der Waals surface area contributed by atoms with Crippen molar-refractivity contribution in [2.45, 2.75) is 71.4 Å². The fraction of sp³-hybridized carbons (Fsp3) is 1.00. The lowest BCUT2D eigenvalue weighted by Gasteiger charge is -2.26. The second-order valence-electron chi connectivity index (χ2n) is 6.06. The molecular formula is C14H29NO. The van der Waals surface area contributed by atoms with Crippen molar-refractivity contribution in [3.8, 4) is 0 Å². The van der Waals surface area contributed by atoms with Crippen LogP contribution in [-0.2, 0) is 4.74 Å². The topological polar surface area (TPSA) is 21.3 Å². The van der Waals surface area contributed by atoms with Gasteiger partial charge in [0.2, 0.25) is 0 Å². The molecule has 0 aromatic carbocycles. The number of hydrogen-bond donors (Lipinski definition) is 1. The predicted octanol–water partition coefficient (Wildman–Crippen LogP) is 3.36. The van der Waals surface area contributed by atoms with E-state index in [4.69, 9.17) is 4.74 Å². The van der Waals surface area contributed by atoms with Gasteiger partial charge >= 0.3 is 0 Å². The van der Waals surface area contributed by atoms with Gasteiger partial charge in [0.1, 0.15) is 0 Å². The van der Waals surface area contributed by atoms with Crippen molar-refractivity contribution in [3.63, 3.8) is 0 Å². The van der Waals surface area contributed by atoms with Crippen molar-refractivity contribution in [3.05, 3.63) is 0 Å². The second kappa shape index (κ2) is 6.61. The molecule has 1 aliphatic rings. The lowest BCUT2D eigenvalue weighted by molar-refractivity contribution is -0.0170. The quantitative estimate of drug-likeness (QED) is 0.751. The molecule has 0 heterocycles. The monoisotopic (exact) mass is 227 g/mol. The number of likely N-dealkylation sites (N-methyl/N-ethyl adjacent to an activating group) is 1. The molecule has 96 valence electrons. The molecule has 0 aromatic rings. The summed E-state index contributed by atoms with van der Waals surface area (Å²) >= 11 is 0. The van der Waals surface area contributed by atoms with Crippen molar-refractivity contribution < 1.29 is 4.74 Å². The summed E-state index contributed by atoms with van der Waals surface area (Å²) in [7, 11) is 0. The number of hydrogen-bond acceptors (Lipinski definition) is 2. The summed E-state index contributed by atoms with van der Waals surface area (Å²) in [6, 6.07) is 0.548. The minimum Gasteiger partial charge on any atom is -0.374 e. The lowest BCUT2D eigenvalue weighted by atomic mass is 9.98. The van der Waals surface area contributed by atoms with Gasteiger partial charge in [-0.1, -0.05) is 32.6 Å². The molecule has 1 saturated carbocycles. The first-order valence-corrected chi connectivity index (χ1v) is 6.88. The minimum absolute atomic E-state index is 0.0106. The van der Waals surface area contributed by atoms with Crippen molar-refractivity contribution in [1.82, 2.24) is 5.32 Å². The first kappa shape index (κ1) is 14.0. The van der Waals surface area contributed by atoms with E-state index >= 15 is 0 Å². The largest absolute Gasteiger partial charge is 0.374 e. The zero-order valence-electron chi connectivity index (χ0n) is 11.5. The third-order valence-electron chi connectivity index (χ3n) is 3.30. The SMILES string of the molecule is CCNC(COC(C)(C)C)CC1CCCC1. The maximum atomic E-state index is 5.89. The summed E-state index contributed by atoms with van der Waals surface area (Å²) < 4.78 is 5.89. The van der Waals surface area contributed by atoms with Gasteiger partial charge in [-0.3, -0.25) is 0 Å². The molecular weight excluding hydrogens is 198 g/mol. The van der Waals surface area contributed by atoms with E-state index in [2.05, 4.69) is 33.0 Å². The standard InChI is InChI=1S/C14H29NO/c1-5-15-13(11-16-14(2,3)4)10-12-8-6-7-9-12/h12-13,15H,5-11H2,1-4H3. The van der Waals surface area contributed by atoms with Crippen molar-refractivity contribution in [1.29, 1.82) is 0 Å². The van der Waals surface area contributed by atoms with Crippen LogP contribution in [0.3, 0.4) is 0 Å². The van der Waals surface area contributed by atoms with E-state index in [1.54, 1.807) is 0 Å². The van der Waals surface area contributed by atoms with Gasteiger partial charge in [-0.2, -0.15) is 0 Å². The van der Waals surface area contributed by atoms with Gasteiger partial charge in [0.25, 0.3) is 0 Å². The van der Waals surface area contributed by atoms with Crippen LogP contribution in [0.15, 0.2) is 0 Å². The van der Waals surface area contributed by atoms with E-state index in [1.807, 2.05) is 0 Å². The molecule has 2 nitrogen and oxygen atoms in total. The fourth-order valence-electron chi connectivity index (χ4n) is 2.50. The Bertz CT molecular complexity index is 180. The van der Waals surface area contributed by atoms with E-state index in [1.165, 1.54) is 32.1 Å². The highest BCUT2D eigenvalue weighted by molar-refractivity contribution is 4.76. The summed E-state index contributed by atoms with van der Waals surface area (Å²) in [5, 5.41) is 3.56. The van der Waals surface area contributed by atoms with Crippen LogP contribution in [0.4, 0.5) is 0 Å². The van der Waals surface area contributed by atoms with E-state index in [0.717, 1.165) is 19.1 Å². The summed E-state index contributed by atoms with van der Waals surface area (Å²) in [6.07, 6.45) is 7.02. The Morgan fingerprint density at radius 3 is 2.38 bits per heavy atom. The Kier molecular flexibility index (Phi) is 5.77. The average molecular weight is 227 g/mol. The van der Waals surface area contributed by atoms with Crippen LogP contribution in [0, 0.1) is 5.92 Å². The summed E-state index contributed by atoms with van der Waals surface area (Å²) in [6.45, 7) is 10.5. The molecule has 0 amide bonds. The number of rotatable bonds is 6. The maximum Gasteiger partial charge on any atom is 0.0626 e. The third kappa shape index (κ3) is 5.86. The van der Waals surface area contributed by atoms with Crippen molar-refractivity contribution in [2.24, 2.45) is 5.92 Å². The summed E-state index contributed by atoms with van der Waals surface area (Å²) in [5.41, 5.74) is -0.0106. The van der Waals surface area contributed by atoms with Crippen LogP contribution >= 0.6 is 0 Å². The summed E-state index contributed by atoms with van der Waals surface area (Å²) in [4.78, 5) is 0. The molecule has 0 bridgehead atoms. The molecule has 1 N–H and O–H groups in total. The normalized spacial score (nSPS) is 20.2. The van der Waals surface area contributed by atoms with E-state index in [9.17, 15) is 0 Å². The molecule has 0 aliphatic heterocycles. The zero-order chi connectivity index (χ0) is 12.0. The number of ether oxygens (including phenoxy) is 1. The highest BCUT2D eigenvalue weighted by Gasteiger charge is 2.21. The predicted molar refractivity (Wildman–Crippen MR) is 69.7 cm³/mol. The first-order chi connectivity index (χ1) is 7.51. The highest BCUT2D eigenvalue weighted by atomic mass is 16.5. The Labute approximate surface area is 101 Å². The molecule has 16 heavy (non-hydrogen) atoms. The maximum absolute atomic E-state index is 5.89. The van der Waals surface area contributed by atoms with Crippen molar-refractivity contribution in [2.75, 3.05) is 13.2 Å². The Morgan fingerprint density at radius 1 is 1.25 bits per heavy atom. The molecule has 0 aromatic heterocycles. The van der Waals surface area contributed by atoms with Crippen LogP contribution < -0.4 is 5.32 Å². The summed E-state index contributed by atoms with van der Waals surface area (Å²) in [5.74, 6) is 0.938. The minimum atomic E-state index is -0.0106. The third-order valence-corrected chi connectivity index (χ3v) is 3.30. The number of nitrogens with one attached hydrogen (secondary N) is 1. The fourth-order valence-corrected chi connectivity index (χ4v) is 2.50. The first-order valence-electron chi connectivity index (χ1n) is 6.88. The molecule has 1 fully saturated rings. The van der Waals surface area contributed by atoms with Gasteiger partial charge in [0, 0.05) is 6.04 Å². The molecule has 0 saturated heterocycles. The molecule has 2 heteroatoms. The van der Waals surface area contributed by atoms with Gasteiger partial charge < -0.3 is 10.1 Å². The molecule has 0 radical (unpaired) electrons. The van der Waals surface area contributed by atoms with Crippen molar-refractivity contribution >= 4 is 0 Å². The molecule has 0 spiro atoms. The average Bonchev–Trinajstić information content (AvgIpc) is 2.66. The van der Waals surface area contributed by atoms with Gasteiger partial charge in [-0.15, -0.1) is 0 Å². The Balaban J connectivity index is 2.28. The van der Waals surface area contributed by atoms with Gasteiger partial charge in [0.05, 0.1) is 12.2 Å². The van der Waals surface area contributed by atoms with Gasteiger partial charge in [0.15, 0.2) is 0 Å². The van der Waals surface area contributed by atoms with E-state index in [-0.39, 0.29) is 5.60 Å². The Hall–Kier alpha value is -0.0800. The molecule has 1 unspecified atom stereocenters. The van der Waals surface area contributed by atoms with E-state index < -0.39 is 0 Å².